The number of aromatic nitrogens is 2. The number of aryl methyl sites for hydroxylation is 1. The number of aliphatic hydroxyl groups excluding tert-OH is 1. The van der Waals surface area contributed by atoms with E-state index in [0.29, 0.717) is 31.2 Å². The molecule has 1 aromatic carbocycles. The monoisotopic (exact) mass is 277 g/mol. The van der Waals surface area contributed by atoms with E-state index in [-0.39, 0.29) is 11.9 Å². The maximum absolute atomic E-state index is 13.4. The van der Waals surface area contributed by atoms with E-state index in [2.05, 4.69) is 10.1 Å². The van der Waals surface area contributed by atoms with Gasteiger partial charge < -0.3 is 9.63 Å². The van der Waals surface area contributed by atoms with Crippen LogP contribution in [0.15, 0.2) is 28.8 Å². The van der Waals surface area contributed by atoms with E-state index in [1.165, 1.54) is 12.1 Å². The van der Waals surface area contributed by atoms with Gasteiger partial charge in [-0.15, -0.1) is 0 Å². The molecule has 20 heavy (non-hydrogen) atoms. The van der Waals surface area contributed by atoms with E-state index < -0.39 is 6.10 Å². The summed E-state index contributed by atoms with van der Waals surface area (Å²) in [7, 11) is 0. The first-order chi connectivity index (χ1) is 9.61. The zero-order chi connectivity index (χ0) is 14.1. The van der Waals surface area contributed by atoms with Gasteiger partial charge in [0.25, 0.3) is 0 Å². The molecule has 1 N–H and O–H groups in total. The van der Waals surface area contributed by atoms with Crippen LogP contribution >= 0.6 is 0 Å². The highest BCUT2D eigenvalue weighted by molar-refractivity contribution is 5.21. The number of benzene rings is 1. The highest BCUT2D eigenvalue weighted by Crippen LogP contribution is 2.33. The summed E-state index contributed by atoms with van der Waals surface area (Å²) in [5.74, 6) is 0.833. The smallest absolute Gasteiger partial charge is 0.223 e. The van der Waals surface area contributed by atoms with Crippen molar-refractivity contribution < 1.29 is 14.0 Å². The molecule has 106 valence electrons. The fourth-order valence-corrected chi connectivity index (χ4v) is 2.70. The van der Waals surface area contributed by atoms with Crippen molar-refractivity contribution in [2.75, 3.05) is 6.54 Å². The van der Waals surface area contributed by atoms with Crippen molar-refractivity contribution in [3.8, 4) is 0 Å². The number of rotatable bonds is 3. The summed E-state index contributed by atoms with van der Waals surface area (Å²) in [6.45, 7) is 2.74. The third-order valence-corrected chi connectivity index (χ3v) is 3.53. The van der Waals surface area contributed by atoms with E-state index in [1.807, 2.05) is 11.0 Å². The maximum Gasteiger partial charge on any atom is 0.223 e. The van der Waals surface area contributed by atoms with Gasteiger partial charge in [-0.05, 0) is 24.1 Å². The quantitative estimate of drug-likeness (QED) is 0.927. The minimum atomic E-state index is -0.420. The zero-order valence-corrected chi connectivity index (χ0v) is 11.2. The molecule has 6 heteroatoms. The second-order valence-electron chi connectivity index (χ2n) is 5.12. The van der Waals surface area contributed by atoms with E-state index >= 15 is 0 Å². The molecule has 0 unspecified atom stereocenters. The van der Waals surface area contributed by atoms with Crippen molar-refractivity contribution >= 4 is 0 Å². The number of β-amino-alcohol motifs (C(OH)–C–C–N with tert-alkyl or cyclic N) is 1. The van der Waals surface area contributed by atoms with Gasteiger partial charge in [-0.3, -0.25) is 4.90 Å². The molecule has 0 radical (unpaired) electrons. The highest BCUT2D eigenvalue weighted by atomic mass is 19.1. The van der Waals surface area contributed by atoms with Gasteiger partial charge in [-0.2, -0.15) is 4.98 Å². The minimum absolute atomic E-state index is 0.0282. The molecular formula is C14H16FN3O2. The summed E-state index contributed by atoms with van der Waals surface area (Å²) < 4.78 is 18.3. The van der Waals surface area contributed by atoms with Crippen molar-refractivity contribution in [1.82, 2.24) is 15.0 Å². The van der Waals surface area contributed by atoms with Gasteiger partial charge >= 0.3 is 0 Å². The Bertz CT molecular complexity index is 602. The van der Waals surface area contributed by atoms with Crippen LogP contribution in [0.5, 0.6) is 0 Å². The topological polar surface area (TPSA) is 62.4 Å². The fourth-order valence-electron chi connectivity index (χ4n) is 2.70. The van der Waals surface area contributed by atoms with E-state index in [0.717, 1.165) is 5.56 Å². The molecule has 5 nitrogen and oxygen atoms in total. The minimum Gasteiger partial charge on any atom is -0.392 e. The number of nitrogens with zero attached hydrogens (tertiary/aromatic N) is 3. The average Bonchev–Trinajstić information content (AvgIpc) is 2.96. The van der Waals surface area contributed by atoms with Crippen molar-refractivity contribution in [2.24, 2.45) is 0 Å². The molecule has 1 aliphatic heterocycles. The Morgan fingerprint density at radius 1 is 1.50 bits per heavy atom. The fraction of sp³-hybridized carbons (Fsp3) is 0.429. The molecule has 2 atom stereocenters. The Hall–Kier alpha value is -1.79. The van der Waals surface area contributed by atoms with Crippen LogP contribution in [0.25, 0.3) is 0 Å². The third-order valence-electron chi connectivity index (χ3n) is 3.53. The lowest BCUT2D eigenvalue weighted by Crippen LogP contribution is -2.25. The lowest BCUT2D eigenvalue weighted by atomic mass is 10.0. The molecular weight excluding hydrogens is 261 g/mol. The van der Waals surface area contributed by atoms with E-state index in [1.54, 1.807) is 13.0 Å². The van der Waals surface area contributed by atoms with Crippen LogP contribution in [0.1, 0.15) is 29.7 Å². The van der Waals surface area contributed by atoms with Crippen LogP contribution in [0, 0.1) is 12.7 Å². The second-order valence-corrected chi connectivity index (χ2v) is 5.12. The van der Waals surface area contributed by atoms with Gasteiger partial charge in [-0.1, -0.05) is 17.3 Å². The zero-order valence-electron chi connectivity index (χ0n) is 11.2. The van der Waals surface area contributed by atoms with Crippen LogP contribution in [-0.4, -0.2) is 32.8 Å². The molecule has 3 rings (SSSR count). The van der Waals surface area contributed by atoms with Crippen molar-refractivity contribution in [2.45, 2.75) is 32.0 Å². The molecule has 0 spiro atoms. The molecule has 2 aromatic rings. The predicted molar refractivity (Wildman–Crippen MR) is 69.2 cm³/mol. The second kappa shape index (κ2) is 5.30. The van der Waals surface area contributed by atoms with Crippen LogP contribution in [0.3, 0.4) is 0 Å². The van der Waals surface area contributed by atoms with Crippen molar-refractivity contribution in [3.63, 3.8) is 0 Å². The Morgan fingerprint density at radius 3 is 3.05 bits per heavy atom. The Morgan fingerprint density at radius 2 is 2.35 bits per heavy atom. The molecule has 0 saturated carbocycles. The number of aliphatic hydroxyl groups is 1. The van der Waals surface area contributed by atoms with E-state index in [4.69, 9.17) is 4.52 Å². The first kappa shape index (κ1) is 13.2. The Kier molecular flexibility index (Phi) is 3.50. The molecule has 1 aromatic heterocycles. The standard InChI is InChI=1S/C14H16FN3O2/c1-9-16-14(17-20-9)8-18-7-12(19)6-13(18)10-3-2-4-11(15)5-10/h2-5,12-13,19H,6-8H2,1H3/t12-,13+/m1/s1. The SMILES string of the molecule is Cc1nc(CN2C[C@H](O)C[C@H]2c2cccc(F)c2)no1. The lowest BCUT2D eigenvalue weighted by molar-refractivity contribution is 0.170. The lowest BCUT2D eigenvalue weighted by Gasteiger charge is -2.22. The van der Waals surface area contributed by atoms with Gasteiger partial charge in [0.15, 0.2) is 5.82 Å². The number of likely N-dealkylation sites (tertiary alicyclic amines) is 1. The summed E-state index contributed by atoms with van der Waals surface area (Å²) in [6.07, 6.45) is 0.163. The van der Waals surface area contributed by atoms with Crippen LogP contribution in [0.4, 0.5) is 4.39 Å². The third kappa shape index (κ3) is 2.71. The Labute approximate surface area is 116 Å². The normalized spacial score (nSPS) is 23.4. The van der Waals surface area contributed by atoms with Crippen LogP contribution in [0.2, 0.25) is 0 Å². The highest BCUT2D eigenvalue weighted by Gasteiger charge is 2.32. The molecule has 0 amide bonds. The van der Waals surface area contributed by atoms with Gasteiger partial charge in [0.05, 0.1) is 12.6 Å². The number of hydrogen-bond donors (Lipinski definition) is 1. The van der Waals surface area contributed by atoms with E-state index in [9.17, 15) is 9.50 Å². The summed E-state index contributed by atoms with van der Waals surface area (Å²) in [4.78, 5) is 6.22. The molecule has 0 bridgehead atoms. The summed E-state index contributed by atoms with van der Waals surface area (Å²) in [5.41, 5.74) is 0.863. The van der Waals surface area contributed by atoms with Crippen LogP contribution < -0.4 is 0 Å². The molecule has 1 aliphatic rings. The average molecular weight is 277 g/mol. The first-order valence-corrected chi connectivity index (χ1v) is 6.58. The maximum atomic E-state index is 13.4. The van der Waals surface area contributed by atoms with Gasteiger partial charge in [0.1, 0.15) is 5.82 Å². The Balaban J connectivity index is 1.81. The number of halogens is 1. The summed E-state index contributed by atoms with van der Waals surface area (Å²) in [5, 5.41) is 13.8. The first-order valence-electron chi connectivity index (χ1n) is 6.58. The van der Waals surface area contributed by atoms with Gasteiger partial charge in [0, 0.05) is 19.5 Å². The molecule has 2 heterocycles. The van der Waals surface area contributed by atoms with Crippen molar-refractivity contribution in [1.29, 1.82) is 0 Å². The summed E-state index contributed by atoms with van der Waals surface area (Å²) in [6, 6.07) is 6.46. The van der Waals surface area contributed by atoms with Crippen LogP contribution in [-0.2, 0) is 6.54 Å². The van der Waals surface area contributed by atoms with Gasteiger partial charge in [0.2, 0.25) is 5.89 Å². The van der Waals surface area contributed by atoms with Crippen molar-refractivity contribution in [3.05, 3.63) is 47.4 Å². The van der Waals surface area contributed by atoms with Gasteiger partial charge in [-0.25, -0.2) is 4.39 Å². The molecule has 0 aliphatic carbocycles. The molecule has 1 fully saturated rings. The largest absolute Gasteiger partial charge is 0.392 e. The predicted octanol–water partition coefficient (Wildman–Crippen LogP) is 1.83. The number of hydrogen-bond acceptors (Lipinski definition) is 5. The summed E-state index contributed by atoms with van der Waals surface area (Å²) >= 11 is 0. The molecule has 1 saturated heterocycles.